The van der Waals surface area contributed by atoms with Crippen molar-refractivity contribution in [2.24, 2.45) is 0 Å². The van der Waals surface area contributed by atoms with Crippen LogP contribution >= 0.6 is 22.6 Å². The van der Waals surface area contributed by atoms with Crippen molar-refractivity contribution >= 4 is 34.1 Å². The van der Waals surface area contributed by atoms with Gasteiger partial charge in [0.2, 0.25) is 0 Å². The van der Waals surface area contributed by atoms with E-state index in [1.165, 1.54) is 0 Å². The summed E-state index contributed by atoms with van der Waals surface area (Å²) in [6.45, 7) is 0. The van der Waals surface area contributed by atoms with E-state index >= 15 is 0 Å². The molecule has 7 heteroatoms. The first kappa shape index (κ1) is 16.3. The van der Waals surface area contributed by atoms with Crippen LogP contribution in [0.25, 0.3) is 5.65 Å². The number of pyridine rings is 2. The summed E-state index contributed by atoms with van der Waals surface area (Å²) in [7, 11) is 0. The minimum absolute atomic E-state index is 0.353. The predicted octanol–water partition coefficient (Wildman–Crippen LogP) is 3.74. The first-order valence-corrected chi connectivity index (χ1v) is 9.44. The zero-order valence-corrected chi connectivity index (χ0v) is 15.7. The second kappa shape index (κ2) is 6.96. The predicted molar refractivity (Wildman–Crippen MR) is 103 cm³/mol. The van der Waals surface area contributed by atoms with Gasteiger partial charge in [-0.3, -0.25) is 4.40 Å². The molecule has 1 N–H and O–H groups in total. The van der Waals surface area contributed by atoms with Crippen molar-refractivity contribution in [1.82, 2.24) is 19.6 Å². The molecule has 4 rings (SSSR count). The smallest absolute Gasteiger partial charge is 0.160 e. The molecule has 0 aromatic carbocycles. The molecule has 0 bridgehead atoms. The van der Waals surface area contributed by atoms with Crippen molar-refractivity contribution < 1.29 is 0 Å². The molecule has 126 valence electrons. The largest absolute Gasteiger partial charge is 0.367 e. The first-order chi connectivity index (χ1) is 12.2. The molecule has 3 aromatic heterocycles. The average molecular weight is 444 g/mol. The Morgan fingerprint density at radius 1 is 1.28 bits per heavy atom. The van der Waals surface area contributed by atoms with Crippen molar-refractivity contribution in [3.05, 3.63) is 51.6 Å². The second-order valence-corrected chi connectivity index (χ2v) is 7.52. The van der Waals surface area contributed by atoms with E-state index in [9.17, 15) is 0 Å². The number of aromatic nitrogens is 4. The SMILES string of the molecule is N#Cc1cnc(N[C@@H]2CCC[C@H](c3nnc4ccccn34)C2)cc1I. The Balaban J connectivity index is 1.51. The second-order valence-electron chi connectivity index (χ2n) is 6.35. The van der Waals surface area contributed by atoms with Gasteiger partial charge in [-0.25, -0.2) is 4.98 Å². The Kier molecular flexibility index (Phi) is 4.53. The molecule has 0 aliphatic heterocycles. The van der Waals surface area contributed by atoms with Crippen LogP contribution in [0.5, 0.6) is 0 Å². The molecule has 0 amide bonds. The maximum atomic E-state index is 9.03. The van der Waals surface area contributed by atoms with Crippen LogP contribution in [0, 0.1) is 14.9 Å². The summed E-state index contributed by atoms with van der Waals surface area (Å²) >= 11 is 2.18. The quantitative estimate of drug-likeness (QED) is 0.623. The lowest BCUT2D eigenvalue weighted by atomic mass is 9.85. The van der Waals surface area contributed by atoms with Crippen LogP contribution in [0.2, 0.25) is 0 Å². The van der Waals surface area contributed by atoms with Crippen LogP contribution in [-0.4, -0.2) is 25.6 Å². The molecule has 1 aliphatic carbocycles. The van der Waals surface area contributed by atoms with Crippen LogP contribution < -0.4 is 5.32 Å². The molecular formula is C18H17IN6. The van der Waals surface area contributed by atoms with Gasteiger partial charge in [0.05, 0.1) is 5.56 Å². The van der Waals surface area contributed by atoms with E-state index in [1.807, 2.05) is 30.5 Å². The zero-order chi connectivity index (χ0) is 17.2. The van der Waals surface area contributed by atoms with Gasteiger partial charge in [0.25, 0.3) is 0 Å². The molecular weight excluding hydrogens is 427 g/mol. The van der Waals surface area contributed by atoms with Crippen molar-refractivity contribution in [2.45, 2.75) is 37.6 Å². The topological polar surface area (TPSA) is 78.9 Å². The minimum Gasteiger partial charge on any atom is -0.367 e. The zero-order valence-electron chi connectivity index (χ0n) is 13.6. The lowest BCUT2D eigenvalue weighted by Crippen LogP contribution is -2.27. The molecule has 1 saturated carbocycles. The Morgan fingerprint density at radius 3 is 3.04 bits per heavy atom. The van der Waals surface area contributed by atoms with Crippen LogP contribution in [0.4, 0.5) is 5.82 Å². The molecule has 0 radical (unpaired) electrons. The fraction of sp³-hybridized carbons (Fsp3) is 0.333. The monoisotopic (exact) mass is 444 g/mol. The van der Waals surface area contributed by atoms with Crippen LogP contribution in [0.15, 0.2) is 36.7 Å². The third kappa shape index (κ3) is 3.31. The standard InChI is InChI=1S/C18H17IN6/c19-15-9-16(21-11-13(15)10-20)22-14-5-3-4-12(8-14)18-24-23-17-6-1-2-7-25(17)18/h1-2,6-7,9,11-12,14H,3-5,8H2,(H,21,22)/t12-,14+/m0/s1. The third-order valence-electron chi connectivity index (χ3n) is 4.71. The van der Waals surface area contributed by atoms with Gasteiger partial charge in [-0.1, -0.05) is 12.5 Å². The summed E-state index contributed by atoms with van der Waals surface area (Å²) in [6, 6.07) is 10.4. The van der Waals surface area contributed by atoms with E-state index in [4.69, 9.17) is 5.26 Å². The number of nitrogens with zero attached hydrogens (tertiary/aromatic N) is 5. The van der Waals surface area contributed by atoms with Gasteiger partial charge >= 0.3 is 0 Å². The number of hydrogen-bond donors (Lipinski definition) is 1. The first-order valence-electron chi connectivity index (χ1n) is 8.36. The fourth-order valence-electron chi connectivity index (χ4n) is 3.49. The summed E-state index contributed by atoms with van der Waals surface area (Å²) in [6.07, 6.45) is 8.08. The molecule has 1 aliphatic rings. The van der Waals surface area contributed by atoms with Gasteiger partial charge in [-0.15, -0.1) is 10.2 Å². The number of halogens is 1. The van der Waals surface area contributed by atoms with E-state index in [1.54, 1.807) is 6.20 Å². The maximum absolute atomic E-state index is 9.03. The van der Waals surface area contributed by atoms with E-state index in [0.717, 1.165) is 46.5 Å². The van der Waals surface area contributed by atoms with Gasteiger partial charge < -0.3 is 5.32 Å². The molecule has 0 unspecified atom stereocenters. The van der Waals surface area contributed by atoms with E-state index < -0.39 is 0 Å². The van der Waals surface area contributed by atoms with E-state index in [-0.39, 0.29) is 0 Å². The third-order valence-corrected chi connectivity index (χ3v) is 5.60. The fourth-order valence-corrected chi connectivity index (χ4v) is 4.05. The average Bonchev–Trinajstić information content (AvgIpc) is 3.06. The Labute approximate surface area is 159 Å². The van der Waals surface area contributed by atoms with Crippen LogP contribution in [-0.2, 0) is 0 Å². The lowest BCUT2D eigenvalue weighted by molar-refractivity contribution is 0.396. The number of nitriles is 1. The molecule has 3 heterocycles. The van der Waals surface area contributed by atoms with Gasteiger partial charge in [0.1, 0.15) is 17.7 Å². The molecule has 6 nitrogen and oxygen atoms in total. The molecule has 1 fully saturated rings. The molecule has 2 atom stereocenters. The van der Waals surface area contributed by atoms with E-state index in [2.05, 4.69) is 53.6 Å². The van der Waals surface area contributed by atoms with Crippen molar-refractivity contribution in [3.8, 4) is 6.07 Å². The van der Waals surface area contributed by atoms with Crippen molar-refractivity contribution in [2.75, 3.05) is 5.32 Å². The van der Waals surface area contributed by atoms with Crippen LogP contribution in [0.3, 0.4) is 0 Å². The highest BCUT2D eigenvalue weighted by molar-refractivity contribution is 14.1. The summed E-state index contributed by atoms with van der Waals surface area (Å²) < 4.78 is 3.02. The molecule has 25 heavy (non-hydrogen) atoms. The lowest BCUT2D eigenvalue weighted by Gasteiger charge is -2.29. The number of nitrogens with one attached hydrogen (secondary N) is 1. The Morgan fingerprint density at radius 2 is 2.20 bits per heavy atom. The number of hydrogen-bond acceptors (Lipinski definition) is 5. The summed E-state index contributed by atoms with van der Waals surface area (Å²) in [4.78, 5) is 4.37. The summed E-state index contributed by atoms with van der Waals surface area (Å²) in [5.74, 6) is 2.27. The summed E-state index contributed by atoms with van der Waals surface area (Å²) in [5, 5.41) is 21.3. The van der Waals surface area contributed by atoms with Crippen molar-refractivity contribution in [1.29, 1.82) is 5.26 Å². The Hall–Kier alpha value is -2.21. The normalized spacial score (nSPS) is 20.3. The van der Waals surface area contributed by atoms with Crippen molar-refractivity contribution in [3.63, 3.8) is 0 Å². The molecule has 0 spiro atoms. The highest BCUT2D eigenvalue weighted by Gasteiger charge is 2.27. The van der Waals surface area contributed by atoms with Gasteiger partial charge in [0, 0.05) is 27.9 Å². The number of rotatable bonds is 3. The maximum Gasteiger partial charge on any atom is 0.160 e. The van der Waals surface area contributed by atoms with Gasteiger partial charge in [0.15, 0.2) is 5.65 Å². The highest BCUT2D eigenvalue weighted by atomic mass is 127. The van der Waals surface area contributed by atoms with Gasteiger partial charge in [-0.05, 0) is 60.1 Å². The highest BCUT2D eigenvalue weighted by Crippen LogP contribution is 2.33. The molecule has 3 aromatic rings. The van der Waals surface area contributed by atoms with E-state index in [0.29, 0.717) is 17.5 Å². The Bertz CT molecular complexity index is 944. The number of fused-ring (bicyclic) bond motifs is 1. The van der Waals surface area contributed by atoms with Gasteiger partial charge in [-0.2, -0.15) is 5.26 Å². The number of anilines is 1. The molecule has 0 saturated heterocycles. The summed E-state index contributed by atoms with van der Waals surface area (Å²) in [5.41, 5.74) is 1.51. The minimum atomic E-state index is 0.353. The van der Waals surface area contributed by atoms with Crippen LogP contribution in [0.1, 0.15) is 43.0 Å².